The number of nitrogens with zero attached hydrogens (tertiary/aromatic N) is 4. The van der Waals surface area contributed by atoms with Gasteiger partial charge in [0.15, 0.2) is 5.82 Å². The fourth-order valence-electron chi connectivity index (χ4n) is 1.89. The average Bonchev–Trinajstić information content (AvgIpc) is 2.95. The first-order valence-electron chi connectivity index (χ1n) is 6.55. The van der Waals surface area contributed by atoms with Gasteiger partial charge in [0.1, 0.15) is 5.75 Å². The van der Waals surface area contributed by atoms with Crippen LogP contribution < -0.4 is 4.74 Å². The molecule has 0 spiro atoms. The van der Waals surface area contributed by atoms with E-state index in [9.17, 15) is 0 Å². The van der Waals surface area contributed by atoms with Crippen LogP contribution in [0.2, 0.25) is 0 Å². The van der Waals surface area contributed by atoms with Crippen LogP contribution in [0.4, 0.5) is 0 Å². The highest BCUT2D eigenvalue weighted by Gasteiger charge is 2.08. The van der Waals surface area contributed by atoms with Gasteiger partial charge in [0.25, 0.3) is 0 Å². The number of hydrogen-bond acceptors (Lipinski definition) is 5. The second kappa shape index (κ2) is 6.31. The van der Waals surface area contributed by atoms with E-state index in [-0.39, 0.29) is 0 Å². The van der Waals surface area contributed by atoms with E-state index in [1.54, 1.807) is 24.2 Å². The third-order valence-electron chi connectivity index (χ3n) is 2.99. The number of rotatable bonds is 4. The Labute approximate surface area is 132 Å². The van der Waals surface area contributed by atoms with E-state index in [4.69, 9.17) is 17.0 Å². The third-order valence-corrected chi connectivity index (χ3v) is 3.26. The molecule has 2 heterocycles. The first-order chi connectivity index (χ1) is 10.8. The van der Waals surface area contributed by atoms with Crippen molar-refractivity contribution in [1.82, 2.24) is 19.9 Å². The molecular formula is C15H13N5OS. The summed E-state index contributed by atoms with van der Waals surface area (Å²) >= 11 is 5.22. The monoisotopic (exact) mass is 311 g/mol. The number of aromatic nitrogens is 4. The molecule has 0 aliphatic heterocycles. The van der Waals surface area contributed by atoms with Crippen LogP contribution in [0.3, 0.4) is 0 Å². The van der Waals surface area contributed by atoms with Gasteiger partial charge >= 0.3 is 0 Å². The van der Waals surface area contributed by atoms with Crippen molar-refractivity contribution < 1.29 is 4.74 Å². The van der Waals surface area contributed by atoms with Crippen molar-refractivity contribution in [2.24, 2.45) is 5.10 Å². The standard InChI is InChI=1S/C15H13N5OS/c1-21-13-7-5-11(6-8-13)14-18-19-15(22)20(14)17-10-12-4-2-3-9-16-12/h2-10H,1H3,(H,19,22)/b17-10+. The molecule has 0 radical (unpaired) electrons. The van der Waals surface area contributed by atoms with Crippen molar-refractivity contribution >= 4 is 18.4 Å². The van der Waals surface area contributed by atoms with E-state index in [0.29, 0.717) is 10.6 Å². The molecule has 0 aliphatic rings. The molecule has 0 saturated carbocycles. The Bertz CT molecular complexity index is 836. The maximum absolute atomic E-state index is 5.22. The highest BCUT2D eigenvalue weighted by molar-refractivity contribution is 7.71. The zero-order valence-electron chi connectivity index (χ0n) is 11.8. The fraction of sp³-hybridized carbons (Fsp3) is 0.0667. The van der Waals surface area contributed by atoms with E-state index in [2.05, 4.69) is 20.3 Å². The molecule has 0 atom stereocenters. The van der Waals surface area contributed by atoms with E-state index < -0.39 is 0 Å². The van der Waals surface area contributed by atoms with Crippen LogP contribution in [-0.2, 0) is 0 Å². The second-order valence-corrected chi connectivity index (χ2v) is 4.78. The zero-order valence-corrected chi connectivity index (χ0v) is 12.6. The van der Waals surface area contributed by atoms with Gasteiger partial charge < -0.3 is 4.74 Å². The second-order valence-electron chi connectivity index (χ2n) is 4.39. The molecule has 6 nitrogen and oxygen atoms in total. The minimum absolute atomic E-state index is 0.415. The Morgan fingerprint density at radius 3 is 2.73 bits per heavy atom. The lowest BCUT2D eigenvalue weighted by Crippen LogP contribution is -1.96. The molecule has 110 valence electrons. The molecule has 7 heteroatoms. The quantitative estimate of drug-likeness (QED) is 0.594. The number of nitrogens with one attached hydrogen (secondary N) is 1. The van der Waals surface area contributed by atoms with Crippen molar-refractivity contribution in [2.75, 3.05) is 7.11 Å². The van der Waals surface area contributed by atoms with Gasteiger partial charge in [-0.25, -0.2) is 5.10 Å². The molecule has 0 amide bonds. The first-order valence-corrected chi connectivity index (χ1v) is 6.96. The summed E-state index contributed by atoms with van der Waals surface area (Å²) < 4.78 is 7.13. The van der Waals surface area contributed by atoms with Crippen LogP contribution in [0.25, 0.3) is 11.4 Å². The summed E-state index contributed by atoms with van der Waals surface area (Å²) in [7, 11) is 1.63. The molecule has 2 aromatic heterocycles. The van der Waals surface area contributed by atoms with Crippen LogP contribution in [-0.4, -0.2) is 33.2 Å². The zero-order chi connectivity index (χ0) is 15.4. The summed E-state index contributed by atoms with van der Waals surface area (Å²) in [6.45, 7) is 0. The molecule has 22 heavy (non-hydrogen) atoms. The minimum Gasteiger partial charge on any atom is -0.497 e. The van der Waals surface area contributed by atoms with Crippen molar-refractivity contribution in [2.45, 2.75) is 0 Å². The summed E-state index contributed by atoms with van der Waals surface area (Å²) in [6, 6.07) is 13.1. The number of ether oxygens (including phenoxy) is 1. The Kier molecular flexibility index (Phi) is 4.06. The normalized spacial score (nSPS) is 11.0. The number of H-pyrrole nitrogens is 1. The summed E-state index contributed by atoms with van der Waals surface area (Å²) in [4.78, 5) is 4.19. The van der Waals surface area contributed by atoms with Crippen molar-refractivity contribution in [1.29, 1.82) is 0 Å². The number of benzene rings is 1. The van der Waals surface area contributed by atoms with Gasteiger partial charge in [-0.15, -0.1) is 0 Å². The maximum atomic E-state index is 5.22. The summed E-state index contributed by atoms with van der Waals surface area (Å²) in [5, 5.41) is 11.3. The highest BCUT2D eigenvalue weighted by Crippen LogP contribution is 2.20. The first kappa shape index (κ1) is 14.2. The Hall–Kier alpha value is -2.80. The predicted octanol–water partition coefficient (Wildman–Crippen LogP) is 2.89. The number of hydrogen-bond donors (Lipinski definition) is 1. The van der Waals surface area contributed by atoms with Gasteiger partial charge in [-0.05, 0) is 48.6 Å². The van der Waals surface area contributed by atoms with Gasteiger partial charge in [-0.2, -0.15) is 14.9 Å². The van der Waals surface area contributed by atoms with Crippen molar-refractivity contribution in [3.63, 3.8) is 0 Å². The lowest BCUT2D eigenvalue weighted by Gasteiger charge is -2.03. The lowest BCUT2D eigenvalue weighted by atomic mass is 10.2. The van der Waals surface area contributed by atoms with Crippen LogP contribution in [0.1, 0.15) is 5.69 Å². The van der Waals surface area contributed by atoms with Gasteiger partial charge in [0.2, 0.25) is 4.77 Å². The topological polar surface area (TPSA) is 68.1 Å². The van der Waals surface area contributed by atoms with Crippen LogP contribution in [0.5, 0.6) is 5.75 Å². The summed E-state index contributed by atoms with van der Waals surface area (Å²) in [6.07, 6.45) is 3.35. The maximum Gasteiger partial charge on any atom is 0.216 e. The van der Waals surface area contributed by atoms with Crippen molar-refractivity contribution in [3.05, 3.63) is 59.1 Å². The van der Waals surface area contributed by atoms with E-state index >= 15 is 0 Å². The number of aromatic amines is 1. The third kappa shape index (κ3) is 2.94. The summed E-state index contributed by atoms with van der Waals surface area (Å²) in [5.41, 5.74) is 1.62. The molecule has 0 bridgehead atoms. The van der Waals surface area contributed by atoms with Crippen LogP contribution >= 0.6 is 12.2 Å². The van der Waals surface area contributed by atoms with E-state index in [1.165, 1.54) is 0 Å². The Morgan fingerprint density at radius 2 is 2.05 bits per heavy atom. The molecule has 0 fully saturated rings. The van der Waals surface area contributed by atoms with Crippen molar-refractivity contribution in [3.8, 4) is 17.1 Å². The molecular weight excluding hydrogens is 298 g/mol. The van der Waals surface area contributed by atoms with Gasteiger partial charge in [0.05, 0.1) is 19.0 Å². The smallest absolute Gasteiger partial charge is 0.216 e. The van der Waals surface area contributed by atoms with Gasteiger partial charge in [0, 0.05) is 11.8 Å². The molecule has 0 aliphatic carbocycles. The molecule has 1 aromatic carbocycles. The predicted molar refractivity (Wildman–Crippen MR) is 86.6 cm³/mol. The minimum atomic E-state index is 0.415. The lowest BCUT2D eigenvalue weighted by molar-refractivity contribution is 0.415. The molecule has 0 unspecified atom stereocenters. The largest absolute Gasteiger partial charge is 0.497 e. The Morgan fingerprint density at radius 1 is 1.23 bits per heavy atom. The average molecular weight is 311 g/mol. The molecule has 3 rings (SSSR count). The van der Waals surface area contributed by atoms with E-state index in [0.717, 1.165) is 17.0 Å². The number of pyridine rings is 1. The van der Waals surface area contributed by atoms with Gasteiger partial charge in [-0.1, -0.05) is 6.07 Å². The number of methoxy groups -OCH3 is 1. The van der Waals surface area contributed by atoms with E-state index in [1.807, 2.05) is 42.5 Å². The Balaban J connectivity index is 1.97. The molecule has 0 saturated heterocycles. The van der Waals surface area contributed by atoms with Crippen LogP contribution in [0, 0.1) is 4.77 Å². The van der Waals surface area contributed by atoms with Crippen LogP contribution in [0.15, 0.2) is 53.8 Å². The van der Waals surface area contributed by atoms with Gasteiger partial charge in [-0.3, -0.25) is 4.98 Å². The highest BCUT2D eigenvalue weighted by atomic mass is 32.1. The SMILES string of the molecule is COc1ccc(-c2n[nH]c(=S)n2/N=C/c2ccccn2)cc1. The molecule has 3 aromatic rings. The molecule has 1 N–H and O–H groups in total. The summed E-state index contributed by atoms with van der Waals surface area (Å²) in [5.74, 6) is 1.40. The fourth-order valence-corrected chi connectivity index (χ4v) is 2.07.